The summed E-state index contributed by atoms with van der Waals surface area (Å²) in [5, 5.41) is 6.43. The maximum atomic E-state index is 13.0. The van der Waals surface area contributed by atoms with Gasteiger partial charge in [-0.15, -0.1) is 0 Å². The van der Waals surface area contributed by atoms with E-state index in [0.717, 1.165) is 23.6 Å². The number of hydrogen-bond acceptors (Lipinski definition) is 4. The molecule has 1 atom stereocenters. The molecule has 1 aliphatic heterocycles. The lowest BCUT2D eigenvalue weighted by Crippen LogP contribution is -2.37. The molecular weight excluding hydrogens is 349 g/mol. The second kappa shape index (κ2) is 9.12. The maximum absolute atomic E-state index is 13.0. The smallest absolute Gasteiger partial charge is 0.195 e. The second-order valence-corrected chi connectivity index (χ2v) is 6.17. The zero-order valence-electron chi connectivity index (χ0n) is 15.5. The van der Waals surface area contributed by atoms with Crippen molar-refractivity contribution >= 4 is 11.6 Å². The molecule has 1 unspecified atom stereocenters. The lowest BCUT2D eigenvalue weighted by atomic mass is 10.2. The van der Waals surface area contributed by atoms with Gasteiger partial charge in [-0.05, 0) is 43.3 Å². The minimum absolute atomic E-state index is 0.127. The molecule has 0 spiro atoms. The third kappa shape index (κ3) is 5.51. The van der Waals surface area contributed by atoms with Gasteiger partial charge < -0.3 is 24.8 Å². The van der Waals surface area contributed by atoms with Crippen LogP contribution in [0.4, 0.5) is 10.1 Å². The molecule has 2 N–H and O–H groups in total. The van der Waals surface area contributed by atoms with Crippen LogP contribution >= 0.6 is 0 Å². The summed E-state index contributed by atoms with van der Waals surface area (Å²) in [7, 11) is 1.70. The fourth-order valence-electron chi connectivity index (χ4n) is 2.58. The summed E-state index contributed by atoms with van der Waals surface area (Å²) >= 11 is 0. The predicted molar refractivity (Wildman–Crippen MR) is 104 cm³/mol. The average Bonchev–Trinajstić information content (AvgIpc) is 2.92. The van der Waals surface area contributed by atoms with Crippen LogP contribution in [-0.2, 0) is 0 Å². The number of nitrogens with zero attached hydrogens (tertiary/aromatic N) is 1. The van der Waals surface area contributed by atoms with Crippen LogP contribution in [0.5, 0.6) is 17.2 Å². The molecule has 3 rings (SSSR count). The van der Waals surface area contributed by atoms with E-state index in [0.29, 0.717) is 31.5 Å². The molecule has 0 fully saturated rings. The molecule has 144 valence electrons. The molecule has 0 amide bonds. The van der Waals surface area contributed by atoms with Crippen molar-refractivity contribution < 1.29 is 18.6 Å². The van der Waals surface area contributed by atoms with Gasteiger partial charge in [-0.2, -0.15) is 0 Å². The Balaban J connectivity index is 1.53. The highest BCUT2D eigenvalue weighted by Crippen LogP contribution is 2.32. The molecular formula is C20H24FN3O3. The van der Waals surface area contributed by atoms with Gasteiger partial charge in [0.15, 0.2) is 17.5 Å². The van der Waals surface area contributed by atoms with Gasteiger partial charge in [0.2, 0.25) is 0 Å². The zero-order chi connectivity index (χ0) is 19.1. The third-order valence-corrected chi connectivity index (χ3v) is 3.94. The minimum atomic E-state index is -0.284. The molecule has 7 heteroatoms. The Morgan fingerprint density at radius 1 is 1.15 bits per heavy atom. The van der Waals surface area contributed by atoms with Gasteiger partial charge in [0.25, 0.3) is 0 Å². The Bertz CT molecular complexity index is 781. The van der Waals surface area contributed by atoms with E-state index in [1.54, 1.807) is 19.2 Å². The van der Waals surface area contributed by atoms with Crippen LogP contribution in [-0.4, -0.2) is 38.9 Å². The molecule has 0 aliphatic carbocycles. The lowest BCUT2D eigenvalue weighted by molar-refractivity contribution is 0.224. The van der Waals surface area contributed by atoms with Crippen molar-refractivity contribution in [3.8, 4) is 17.2 Å². The van der Waals surface area contributed by atoms with Gasteiger partial charge in [0.1, 0.15) is 17.7 Å². The Morgan fingerprint density at radius 3 is 2.63 bits per heavy atom. The number of nitrogens with one attached hydrogen (secondary N) is 2. The number of anilines is 1. The van der Waals surface area contributed by atoms with Gasteiger partial charge in [-0.3, -0.25) is 4.99 Å². The molecule has 6 nitrogen and oxygen atoms in total. The summed E-state index contributed by atoms with van der Waals surface area (Å²) in [6.07, 6.45) is 0.741. The summed E-state index contributed by atoms with van der Waals surface area (Å²) in [5.74, 6) is 2.42. The first-order chi connectivity index (χ1) is 13.1. The minimum Gasteiger partial charge on any atom is -0.490 e. The largest absolute Gasteiger partial charge is 0.490 e. The molecule has 0 radical (unpaired) electrons. The van der Waals surface area contributed by atoms with E-state index in [1.165, 1.54) is 12.1 Å². The van der Waals surface area contributed by atoms with Crippen LogP contribution in [0.2, 0.25) is 0 Å². The first-order valence-corrected chi connectivity index (χ1v) is 8.93. The predicted octanol–water partition coefficient (Wildman–Crippen LogP) is 3.44. The Hall–Kier alpha value is -2.96. The Labute approximate surface area is 158 Å². The van der Waals surface area contributed by atoms with Gasteiger partial charge in [-0.1, -0.05) is 0 Å². The molecule has 0 saturated carbocycles. The number of fused-ring (bicyclic) bond motifs is 1. The van der Waals surface area contributed by atoms with Crippen molar-refractivity contribution in [1.82, 2.24) is 5.32 Å². The van der Waals surface area contributed by atoms with E-state index in [1.807, 2.05) is 25.1 Å². The molecule has 0 aromatic heterocycles. The van der Waals surface area contributed by atoms with E-state index in [2.05, 4.69) is 15.6 Å². The zero-order valence-corrected chi connectivity index (χ0v) is 15.5. The number of rotatable bonds is 5. The Kier molecular flexibility index (Phi) is 6.35. The highest BCUT2D eigenvalue weighted by Gasteiger charge is 2.12. The summed E-state index contributed by atoms with van der Waals surface area (Å²) in [5.41, 5.74) is 0.847. The van der Waals surface area contributed by atoms with Gasteiger partial charge in [0, 0.05) is 25.2 Å². The van der Waals surface area contributed by atoms with Crippen LogP contribution in [0, 0.1) is 5.82 Å². The van der Waals surface area contributed by atoms with Crippen LogP contribution in [0.25, 0.3) is 0 Å². The third-order valence-electron chi connectivity index (χ3n) is 3.94. The molecule has 0 bridgehead atoms. The first-order valence-electron chi connectivity index (χ1n) is 8.93. The number of hydrogen-bond donors (Lipinski definition) is 2. The monoisotopic (exact) mass is 373 g/mol. The number of aliphatic imine (C=N–C) groups is 1. The van der Waals surface area contributed by atoms with Crippen molar-refractivity contribution in [1.29, 1.82) is 0 Å². The highest BCUT2D eigenvalue weighted by molar-refractivity contribution is 5.93. The van der Waals surface area contributed by atoms with Gasteiger partial charge in [0.05, 0.1) is 19.8 Å². The maximum Gasteiger partial charge on any atom is 0.195 e. The second-order valence-electron chi connectivity index (χ2n) is 6.17. The fourth-order valence-corrected chi connectivity index (χ4v) is 2.58. The van der Waals surface area contributed by atoms with E-state index in [9.17, 15) is 4.39 Å². The number of halogens is 1. The summed E-state index contributed by atoms with van der Waals surface area (Å²) in [6, 6.07) is 11.7. The van der Waals surface area contributed by atoms with Crippen molar-refractivity contribution in [2.24, 2.45) is 4.99 Å². The van der Waals surface area contributed by atoms with Crippen molar-refractivity contribution in [3.05, 3.63) is 48.3 Å². The lowest BCUT2D eigenvalue weighted by Gasteiger charge is -2.18. The van der Waals surface area contributed by atoms with Crippen LogP contribution < -0.4 is 24.8 Å². The summed E-state index contributed by atoms with van der Waals surface area (Å²) in [6.45, 7) is 3.76. The summed E-state index contributed by atoms with van der Waals surface area (Å²) in [4.78, 5) is 4.22. The average molecular weight is 373 g/mol. The fraction of sp³-hybridized carbons (Fsp3) is 0.350. The number of benzene rings is 2. The van der Waals surface area contributed by atoms with Crippen LogP contribution in [0.15, 0.2) is 47.5 Å². The van der Waals surface area contributed by atoms with Crippen LogP contribution in [0.1, 0.15) is 13.3 Å². The highest BCUT2D eigenvalue weighted by atomic mass is 19.1. The Morgan fingerprint density at radius 2 is 1.89 bits per heavy atom. The molecule has 1 heterocycles. The molecule has 27 heavy (non-hydrogen) atoms. The molecule has 0 saturated heterocycles. The van der Waals surface area contributed by atoms with Gasteiger partial charge in [-0.25, -0.2) is 4.39 Å². The van der Waals surface area contributed by atoms with E-state index >= 15 is 0 Å². The van der Waals surface area contributed by atoms with Crippen molar-refractivity contribution in [3.63, 3.8) is 0 Å². The van der Waals surface area contributed by atoms with Gasteiger partial charge >= 0.3 is 0 Å². The number of guanidine groups is 1. The van der Waals surface area contributed by atoms with E-state index < -0.39 is 0 Å². The van der Waals surface area contributed by atoms with E-state index in [-0.39, 0.29) is 11.9 Å². The first kappa shape index (κ1) is 18.8. The molecule has 2 aromatic rings. The molecule has 2 aromatic carbocycles. The topological polar surface area (TPSA) is 64.1 Å². The summed E-state index contributed by atoms with van der Waals surface area (Å²) < 4.78 is 30.0. The van der Waals surface area contributed by atoms with Crippen LogP contribution in [0.3, 0.4) is 0 Å². The SMILES string of the molecule is CN=C(NCC(C)Oc1ccc(F)cc1)Nc1ccc2c(c1)OCCCO2. The molecule has 1 aliphatic rings. The van der Waals surface area contributed by atoms with Crippen molar-refractivity contribution in [2.75, 3.05) is 32.1 Å². The number of ether oxygens (including phenoxy) is 3. The quantitative estimate of drug-likeness (QED) is 0.621. The normalized spacial score (nSPS) is 14.9. The standard InChI is InChI=1S/C20H24FN3O3/c1-14(27-17-7-4-15(21)5-8-17)13-23-20(22-2)24-16-6-9-18-19(12-16)26-11-3-10-25-18/h4-9,12,14H,3,10-11,13H2,1-2H3,(H2,22,23,24). The van der Waals surface area contributed by atoms with E-state index in [4.69, 9.17) is 14.2 Å². The van der Waals surface area contributed by atoms with Crippen molar-refractivity contribution in [2.45, 2.75) is 19.4 Å².